The normalized spacial score (nSPS) is 20.3. The van der Waals surface area contributed by atoms with E-state index in [0.29, 0.717) is 15.0 Å². The van der Waals surface area contributed by atoms with Gasteiger partial charge in [-0.2, -0.15) is 0 Å². The Hall–Kier alpha value is -1.86. The van der Waals surface area contributed by atoms with Crippen molar-refractivity contribution in [1.82, 2.24) is 4.90 Å². The zero-order valence-electron chi connectivity index (χ0n) is 13.6. The van der Waals surface area contributed by atoms with Gasteiger partial charge in [0.2, 0.25) is 0 Å². The molecule has 1 aliphatic heterocycles. The fourth-order valence-corrected chi connectivity index (χ4v) is 4.49. The fraction of sp³-hybridized carbons (Fsp3) is 0.389. The summed E-state index contributed by atoms with van der Waals surface area (Å²) in [5, 5.41) is 8.61. The Kier molecular flexibility index (Phi) is 5.75. The lowest BCUT2D eigenvalue weighted by Gasteiger charge is -2.29. The predicted octanol–water partition coefficient (Wildman–Crippen LogP) is 3.68. The second-order valence-corrected chi connectivity index (χ2v) is 7.77. The van der Waals surface area contributed by atoms with Crippen molar-refractivity contribution in [1.29, 1.82) is 0 Å². The summed E-state index contributed by atoms with van der Waals surface area (Å²) >= 11 is 6.77. The van der Waals surface area contributed by atoms with E-state index in [-0.39, 0.29) is 18.6 Å². The first kappa shape index (κ1) is 17.9. The van der Waals surface area contributed by atoms with E-state index >= 15 is 0 Å². The van der Waals surface area contributed by atoms with Crippen LogP contribution in [-0.4, -0.2) is 38.9 Å². The zero-order valence-corrected chi connectivity index (χ0v) is 15.3. The van der Waals surface area contributed by atoms with Gasteiger partial charge in [0.15, 0.2) is 6.61 Å². The molecule has 1 N–H and O–H groups in total. The number of thioether (sulfide) groups is 1. The van der Waals surface area contributed by atoms with Gasteiger partial charge in [-0.25, -0.2) is 4.79 Å². The van der Waals surface area contributed by atoms with E-state index in [1.165, 1.54) is 18.2 Å². The first-order chi connectivity index (χ1) is 12.0. The highest BCUT2D eigenvalue weighted by atomic mass is 32.2. The van der Waals surface area contributed by atoms with E-state index in [1.54, 1.807) is 29.2 Å². The van der Waals surface area contributed by atoms with Crippen LogP contribution in [0.3, 0.4) is 0 Å². The maximum Gasteiger partial charge on any atom is 0.341 e. The summed E-state index contributed by atoms with van der Waals surface area (Å²) < 4.78 is 5.75. The Balaban J connectivity index is 1.69. The number of hydrogen-bond acceptors (Lipinski definition) is 5. The van der Waals surface area contributed by atoms with Crippen LogP contribution in [-0.2, 0) is 9.59 Å². The molecule has 2 fully saturated rings. The molecule has 7 heteroatoms. The molecule has 1 aromatic carbocycles. The number of carbonyl (C=O) groups is 2. The fourth-order valence-electron chi connectivity index (χ4n) is 3.09. The summed E-state index contributed by atoms with van der Waals surface area (Å²) in [6.07, 6.45) is 7.41. The molecule has 1 amide bonds. The van der Waals surface area contributed by atoms with E-state index in [2.05, 4.69) is 0 Å². The molecule has 0 atom stereocenters. The van der Waals surface area contributed by atoms with Crippen molar-refractivity contribution >= 4 is 46.3 Å². The molecule has 25 heavy (non-hydrogen) atoms. The highest BCUT2D eigenvalue weighted by molar-refractivity contribution is 8.26. The molecule has 0 radical (unpaired) electrons. The number of carboxylic acid groups (broad SMARTS) is 1. The second-order valence-electron chi connectivity index (χ2n) is 6.09. The molecule has 0 spiro atoms. The minimum Gasteiger partial charge on any atom is -0.482 e. The minimum absolute atomic E-state index is 0.00639. The van der Waals surface area contributed by atoms with Gasteiger partial charge in [-0.05, 0) is 36.6 Å². The van der Waals surface area contributed by atoms with Gasteiger partial charge in [-0.1, -0.05) is 55.4 Å². The van der Waals surface area contributed by atoms with E-state index < -0.39 is 5.97 Å². The molecule has 5 nitrogen and oxygen atoms in total. The highest BCUT2D eigenvalue weighted by Crippen LogP contribution is 2.37. The number of nitrogens with zero attached hydrogens (tertiary/aromatic N) is 1. The van der Waals surface area contributed by atoms with Gasteiger partial charge < -0.3 is 9.84 Å². The van der Waals surface area contributed by atoms with Gasteiger partial charge in [0.25, 0.3) is 5.91 Å². The average molecular weight is 377 g/mol. The number of amides is 1. The second kappa shape index (κ2) is 8.01. The van der Waals surface area contributed by atoms with Crippen LogP contribution in [0.25, 0.3) is 6.08 Å². The number of ether oxygens (including phenoxy) is 1. The van der Waals surface area contributed by atoms with E-state index in [4.69, 9.17) is 22.1 Å². The summed E-state index contributed by atoms with van der Waals surface area (Å²) in [6.45, 7) is -0.376. The maximum absolute atomic E-state index is 12.7. The van der Waals surface area contributed by atoms with Crippen molar-refractivity contribution in [2.75, 3.05) is 6.61 Å². The van der Waals surface area contributed by atoms with Gasteiger partial charge in [0, 0.05) is 6.04 Å². The first-order valence-corrected chi connectivity index (χ1v) is 9.49. The van der Waals surface area contributed by atoms with Crippen molar-refractivity contribution in [2.24, 2.45) is 0 Å². The highest BCUT2D eigenvalue weighted by Gasteiger charge is 2.37. The van der Waals surface area contributed by atoms with E-state index in [0.717, 1.165) is 31.2 Å². The van der Waals surface area contributed by atoms with Crippen LogP contribution >= 0.6 is 24.0 Å². The standard InChI is InChI=1S/C18H19NO4S2/c20-16(21)11-23-14-8-6-12(7-9-14)10-15-17(22)19(18(24)25-15)13-4-2-1-3-5-13/h6-10,13H,1-5,11H2,(H,20,21). The molecular weight excluding hydrogens is 358 g/mol. The molecule has 0 unspecified atom stereocenters. The Morgan fingerprint density at radius 3 is 2.60 bits per heavy atom. The molecule has 1 aromatic rings. The number of rotatable bonds is 5. The lowest BCUT2D eigenvalue weighted by Crippen LogP contribution is -2.39. The first-order valence-electron chi connectivity index (χ1n) is 8.26. The van der Waals surface area contributed by atoms with Gasteiger partial charge >= 0.3 is 5.97 Å². The van der Waals surface area contributed by atoms with E-state index in [9.17, 15) is 9.59 Å². The Morgan fingerprint density at radius 2 is 1.96 bits per heavy atom. The molecule has 1 aliphatic carbocycles. The van der Waals surface area contributed by atoms with Crippen molar-refractivity contribution in [3.63, 3.8) is 0 Å². The van der Waals surface area contributed by atoms with Crippen LogP contribution in [0.4, 0.5) is 0 Å². The Labute approximate surface area is 156 Å². The average Bonchev–Trinajstić information content (AvgIpc) is 2.88. The van der Waals surface area contributed by atoms with Crippen LogP contribution < -0.4 is 4.74 Å². The molecule has 1 saturated carbocycles. The van der Waals surface area contributed by atoms with Crippen molar-refractivity contribution in [2.45, 2.75) is 38.1 Å². The lowest BCUT2D eigenvalue weighted by molar-refractivity contribution is -0.139. The molecule has 2 aliphatic rings. The summed E-state index contributed by atoms with van der Waals surface area (Å²) in [5.41, 5.74) is 0.854. The van der Waals surface area contributed by atoms with Crippen LogP contribution in [0.2, 0.25) is 0 Å². The summed E-state index contributed by atoms with van der Waals surface area (Å²) in [5.74, 6) is -0.544. The number of aliphatic carboxylic acids is 1. The number of hydrogen-bond donors (Lipinski definition) is 1. The van der Waals surface area contributed by atoms with Crippen molar-refractivity contribution < 1.29 is 19.4 Å². The number of benzene rings is 1. The third kappa shape index (κ3) is 4.41. The number of carbonyl (C=O) groups excluding carboxylic acids is 1. The monoisotopic (exact) mass is 377 g/mol. The smallest absolute Gasteiger partial charge is 0.341 e. The van der Waals surface area contributed by atoms with Crippen LogP contribution in [0, 0.1) is 0 Å². The Morgan fingerprint density at radius 1 is 1.28 bits per heavy atom. The quantitative estimate of drug-likeness (QED) is 0.624. The van der Waals surface area contributed by atoms with Crippen molar-refractivity contribution in [3.05, 3.63) is 34.7 Å². The largest absolute Gasteiger partial charge is 0.482 e. The number of carboxylic acids is 1. The Bertz CT molecular complexity index is 708. The van der Waals surface area contributed by atoms with Gasteiger partial charge in [0.05, 0.1) is 4.91 Å². The third-order valence-corrected chi connectivity index (χ3v) is 5.63. The summed E-state index contributed by atoms with van der Waals surface area (Å²) in [6, 6.07) is 7.21. The topological polar surface area (TPSA) is 66.8 Å². The molecule has 3 rings (SSSR count). The molecule has 0 aromatic heterocycles. The number of thiocarbonyl (C=S) groups is 1. The van der Waals surface area contributed by atoms with Gasteiger partial charge in [-0.15, -0.1) is 0 Å². The zero-order chi connectivity index (χ0) is 17.8. The molecule has 0 bridgehead atoms. The summed E-state index contributed by atoms with van der Waals surface area (Å²) in [4.78, 5) is 25.7. The molecule has 1 heterocycles. The minimum atomic E-state index is -1.02. The van der Waals surface area contributed by atoms with Crippen LogP contribution in [0.5, 0.6) is 5.75 Å². The molecular formula is C18H19NO4S2. The third-order valence-electron chi connectivity index (χ3n) is 4.30. The van der Waals surface area contributed by atoms with Crippen LogP contribution in [0.15, 0.2) is 29.2 Å². The maximum atomic E-state index is 12.7. The molecule has 132 valence electrons. The van der Waals surface area contributed by atoms with Gasteiger partial charge in [0.1, 0.15) is 10.1 Å². The summed E-state index contributed by atoms with van der Waals surface area (Å²) in [7, 11) is 0. The van der Waals surface area contributed by atoms with Gasteiger partial charge in [-0.3, -0.25) is 9.69 Å². The van der Waals surface area contributed by atoms with Crippen LogP contribution in [0.1, 0.15) is 37.7 Å². The molecule has 1 saturated heterocycles. The predicted molar refractivity (Wildman–Crippen MR) is 101 cm³/mol. The lowest BCUT2D eigenvalue weighted by atomic mass is 9.94. The van der Waals surface area contributed by atoms with E-state index in [1.807, 2.05) is 6.08 Å². The van der Waals surface area contributed by atoms with Crippen molar-refractivity contribution in [3.8, 4) is 5.75 Å². The SMILES string of the molecule is O=C(O)COc1ccc(C=C2SC(=S)N(C3CCCCC3)C2=O)cc1.